The highest BCUT2D eigenvalue weighted by atomic mass is 16.2. The molecule has 3 rings (SSSR count). The molecular weight excluding hydrogens is 352 g/mol. The van der Waals surface area contributed by atoms with E-state index < -0.39 is 0 Å². The minimum atomic E-state index is -0.264. The molecule has 28 heavy (non-hydrogen) atoms. The van der Waals surface area contributed by atoms with Crippen molar-refractivity contribution in [1.29, 1.82) is 0 Å². The lowest BCUT2D eigenvalue weighted by molar-refractivity contribution is 0.102. The van der Waals surface area contributed by atoms with Gasteiger partial charge in [-0.2, -0.15) is 0 Å². The van der Waals surface area contributed by atoms with E-state index in [1.165, 1.54) is 0 Å². The predicted molar refractivity (Wildman–Crippen MR) is 113 cm³/mol. The Morgan fingerprint density at radius 3 is 2.18 bits per heavy atom. The van der Waals surface area contributed by atoms with Gasteiger partial charge in [0.1, 0.15) is 0 Å². The molecule has 0 atom stereocenters. The van der Waals surface area contributed by atoms with Crippen LogP contribution in [-0.2, 0) is 0 Å². The summed E-state index contributed by atoms with van der Waals surface area (Å²) >= 11 is 0. The number of aryl methyl sites for hydroxylation is 2. The molecule has 3 aromatic rings. The molecule has 6 nitrogen and oxygen atoms in total. The van der Waals surface area contributed by atoms with Crippen LogP contribution in [0.5, 0.6) is 0 Å². The molecule has 144 valence electrons. The van der Waals surface area contributed by atoms with Gasteiger partial charge >= 0.3 is 6.03 Å². The van der Waals surface area contributed by atoms with Gasteiger partial charge in [0, 0.05) is 22.8 Å². The van der Waals surface area contributed by atoms with E-state index in [-0.39, 0.29) is 18.0 Å². The molecule has 0 saturated carbocycles. The van der Waals surface area contributed by atoms with Crippen molar-refractivity contribution >= 4 is 34.2 Å². The number of hydrogen-bond acceptors (Lipinski definition) is 3. The maximum Gasteiger partial charge on any atom is 0.319 e. The van der Waals surface area contributed by atoms with Crippen LogP contribution in [0.3, 0.4) is 0 Å². The van der Waals surface area contributed by atoms with Gasteiger partial charge in [0.15, 0.2) is 0 Å². The number of nitrogens with one attached hydrogen (secondary N) is 3. The molecule has 0 saturated heterocycles. The molecule has 2 aromatic carbocycles. The number of pyridine rings is 1. The highest BCUT2D eigenvalue weighted by Gasteiger charge is 2.12. The van der Waals surface area contributed by atoms with Crippen LogP contribution < -0.4 is 16.0 Å². The molecular formula is C22H24N4O2. The van der Waals surface area contributed by atoms with Crippen molar-refractivity contribution in [2.24, 2.45) is 0 Å². The molecule has 0 aliphatic heterocycles. The fraction of sp³-hybridized carbons (Fsp3) is 0.227. The summed E-state index contributed by atoms with van der Waals surface area (Å²) in [7, 11) is 0. The number of rotatable bonds is 4. The molecule has 3 amide bonds. The van der Waals surface area contributed by atoms with Gasteiger partial charge in [0.2, 0.25) is 0 Å². The molecule has 0 bridgehead atoms. The number of benzene rings is 2. The maximum absolute atomic E-state index is 12.7. The van der Waals surface area contributed by atoms with Crippen LogP contribution in [0.2, 0.25) is 0 Å². The summed E-state index contributed by atoms with van der Waals surface area (Å²) < 4.78 is 0. The fourth-order valence-electron chi connectivity index (χ4n) is 2.89. The summed E-state index contributed by atoms with van der Waals surface area (Å²) in [4.78, 5) is 29.0. The van der Waals surface area contributed by atoms with Crippen LogP contribution in [0.1, 0.15) is 35.5 Å². The van der Waals surface area contributed by atoms with Crippen molar-refractivity contribution in [3.63, 3.8) is 0 Å². The first-order valence-electron chi connectivity index (χ1n) is 9.19. The maximum atomic E-state index is 12.7. The summed E-state index contributed by atoms with van der Waals surface area (Å²) in [6.07, 6.45) is 0. The van der Waals surface area contributed by atoms with Crippen molar-refractivity contribution in [2.45, 2.75) is 33.7 Å². The monoisotopic (exact) mass is 376 g/mol. The first kappa shape index (κ1) is 19.4. The van der Waals surface area contributed by atoms with Crippen LogP contribution in [0, 0.1) is 13.8 Å². The van der Waals surface area contributed by atoms with Crippen LogP contribution in [0.25, 0.3) is 10.9 Å². The Kier molecular flexibility index (Phi) is 5.59. The van der Waals surface area contributed by atoms with Gasteiger partial charge in [-0.05, 0) is 70.2 Å². The van der Waals surface area contributed by atoms with E-state index in [0.717, 1.165) is 16.5 Å². The first-order valence-corrected chi connectivity index (χ1v) is 9.19. The van der Waals surface area contributed by atoms with Gasteiger partial charge in [-0.25, -0.2) is 4.79 Å². The lowest BCUT2D eigenvalue weighted by Crippen LogP contribution is -2.34. The minimum Gasteiger partial charge on any atom is -0.336 e. The number of hydrogen-bond donors (Lipinski definition) is 3. The number of anilines is 2. The molecule has 0 radical (unpaired) electrons. The van der Waals surface area contributed by atoms with Gasteiger partial charge < -0.3 is 16.0 Å². The standard InChI is InChI=1S/C22H24N4O2/c1-13(2)23-22(28)26-18-8-6-17(7-9-18)25-21(27)19-12-16-11-14(3)5-10-20(16)24-15(19)4/h5-13H,1-4H3,(H,25,27)(H2,23,26,28). The van der Waals surface area contributed by atoms with Gasteiger partial charge in [-0.3, -0.25) is 9.78 Å². The summed E-state index contributed by atoms with van der Waals surface area (Å²) in [6.45, 7) is 7.62. The normalized spacial score (nSPS) is 10.8. The van der Waals surface area contributed by atoms with Gasteiger partial charge in [-0.1, -0.05) is 11.6 Å². The molecule has 0 aliphatic rings. The average Bonchev–Trinajstić information content (AvgIpc) is 2.62. The number of amides is 3. The molecule has 3 N–H and O–H groups in total. The second kappa shape index (κ2) is 8.08. The number of nitrogens with zero attached hydrogens (tertiary/aromatic N) is 1. The zero-order chi connectivity index (χ0) is 20.3. The largest absolute Gasteiger partial charge is 0.336 e. The number of carbonyl (C=O) groups excluding carboxylic acids is 2. The Balaban J connectivity index is 1.73. The van der Waals surface area contributed by atoms with E-state index in [4.69, 9.17) is 0 Å². The van der Waals surface area contributed by atoms with Gasteiger partial charge in [0.05, 0.1) is 16.8 Å². The second-order valence-electron chi connectivity index (χ2n) is 7.10. The minimum absolute atomic E-state index is 0.0566. The number of urea groups is 1. The van der Waals surface area contributed by atoms with E-state index >= 15 is 0 Å². The lowest BCUT2D eigenvalue weighted by atomic mass is 10.1. The molecule has 0 fully saturated rings. The SMILES string of the molecule is Cc1ccc2nc(C)c(C(=O)Nc3ccc(NC(=O)NC(C)C)cc3)cc2c1. The smallest absolute Gasteiger partial charge is 0.319 e. The van der Waals surface area contributed by atoms with E-state index in [0.29, 0.717) is 22.6 Å². The van der Waals surface area contributed by atoms with Crippen LogP contribution in [0.4, 0.5) is 16.2 Å². The van der Waals surface area contributed by atoms with E-state index in [2.05, 4.69) is 20.9 Å². The predicted octanol–water partition coefficient (Wildman–Crippen LogP) is 4.63. The summed E-state index contributed by atoms with van der Waals surface area (Å²) in [5, 5.41) is 9.33. The summed E-state index contributed by atoms with van der Waals surface area (Å²) in [5.74, 6) is -0.216. The third-order valence-corrected chi connectivity index (χ3v) is 4.23. The van der Waals surface area contributed by atoms with Crippen molar-refractivity contribution in [3.05, 3.63) is 65.4 Å². The molecule has 1 heterocycles. The Bertz CT molecular complexity index is 1030. The van der Waals surface area contributed by atoms with Crippen LogP contribution in [-0.4, -0.2) is 23.0 Å². The zero-order valence-electron chi connectivity index (χ0n) is 16.5. The van der Waals surface area contributed by atoms with Gasteiger partial charge in [-0.15, -0.1) is 0 Å². The number of aromatic nitrogens is 1. The average molecular weight is 376 g/mol. The Morgan fingerprint density at radius 1 is 0.893 bits per heavy atom. The van der Waals surface area contributed by atoms with Crippen molar-refractivity contribution in [1.82, 2.24) is 10.3 Å². The first-order chi connectivity index (χ1) is 13.3. The summed E-state index contributed by atoms with van der Waals surface area (Å²) in [6, 6.07) is 14.6. The number of fused-ring (bicyclic) bond motifs is 1. The number of carbonyl (C=O) groups is 2. The van der Waals surface area contributed by atoms with E-state index in [9.17, 15) is 9.59 Å². The molecule has 0 unspecified atom stereocenters. The third-order valence-electron chi connectivity index (χ3n) is 4.23. The molecule has 1 aromatic heterocycles. The Morgan fingerprint density at radius 2 is 1.54 bits per heavy atom. The van der Waals surface area contributed by atoms with Gasteiger partial charge in [0.25, 0.3) is 5.91 Å². The Labute approximate surface area is 164 Å². The van der Waals surface area contributed by atoms with E-state index in [1.807, 2.05) is 52.0 Å². The van der Waals surface area contributed by atoms with Crippen molar-refractivity contribution in [2.75, 3.05) is 10.6 Å². The quantitative estimate of drug-likeness (QED) is 0.620. The highest BCUT2D eigenvalue weighted by Crippen LogP contribution is 2.20. The third kappa shape index (κ3) is 4.65. The molecule has 0 aliphatic carbocycles. The second-order valence-corrected chi connectivity index (χ2v) is 7.10. The fourth-order valence-corrected chi connectivity index (χ4v) is 2.89. The van der Waals surface area contributed by atoms with E-state index in [1.54, 1.807) is 24.3 Å². The van der Waals surface area contributed by atoms with Crippen LogP contribution in [0.15, 0.2) is 48.5 Å². The van der Waals surface area contributed by atoms with Crippen molar-refractivity contribution < 1.29 is 9.59 Å². The lowest BCUT2D eigenvalue weighted by Gasteiger charge is -2.12. The van der Waals surface area contributed by atoms with Crippen LogP contribution >= 0.6 is 0 Å². The molecule has 6 heteroatoms. The Hall–Kier alpha value is -3.41. The summed E-state index contributed by atoms with van der Waals surface area (Å²) in [5.41, 5.74) is 4.50. The topological polar surface area (TPSA) is 83.1 Å². The molecule has 0 spiro atoms. The van der Waals surface area contributed by atoms with Crippen molar-refractivity contribution in [3.8, 4) is 0 Å². The zero-order valence-corrected chi connectivity index (χ0v) is 16.5. The highest BCUT2D eigenvalue weighted by molar-refractivity contribution is 6.07.